The Labute approximate surface area is 112 Å². The van der Waals surface area contributed by atoms with Gasteiger partial charge in [0.1, 0.15) is 17.9 Å². The molecule has 3 rings (SSSR count). The molecule has 0 aliphatic carbocycles. The molecule has 0 spiro atoms. The summed E-state index contributed by atoms with van der Waals surface area (Å²) in [7, 11) is 0. The summed E-state index contributed by atoms with van der Waals surface area (Å²) in [6.07, 6.45) is 3.26. The van der Waals surface area contributed by atoms with Crippen LogP contribution in [0.15, 0.2) is 24.5 Å². The number of hydrogen-bond donors (Lipinski definition) is 1. The van der Waals surface area contributed by atoms with Crippen molar-refractivity contribution >= 4 is 0 Å². The molecule has 1 aromatic heterocycles. The molecule has 1 aliphatic rings. The van der Waals surface area contributed by atoms with Gasteiger partial charge in [-0.05, 0) is 24.1 Å². The second-order valence-electron chi connectivity index (χ2n) is 4.77. The number of ether oxygens (including phenoxy) is 1. The van der Waals surface area contributed by atoms with Crippen LogP contribution in [-0.4, -0.2) is 21.4 Å². The minimum Gasteiger partial charge on any atom is -0.493 e. The van der Waals surface area contributed by atoms with Gasteiger partial charge in [-0.25, -0.2) is 4.98 Å². The van der Waals surface area contributed by atoms with E-state index in [9.17, 15) is 0 Å². The molecule has 1 aliphatic heterocycles. The molecular formula is C14H18N4O. The standard InChI is InChI=1S/C14H18N4O/c1-2-18-14(16-9-17-18)8-12(15)10-3-4-13-11(7-10)5-6-19-13/h3-4,7,9,12H,2,5-6,8,15H2,1H3. The van der Waals surface area contributed by atoms with Crippen molar-refractivity contribution < 1.29 is 4.74 Å². The monoisotopic (exact) mass is 258 g/mol. The minimum atomic E-state index is -0.0552. The van der Waals surface area contributed by atoms with E-state index in [1.54, 1.807) is 6.33 Å². The first-order valence-corrected chi connectivity index (χ1v) is 6.66. The first-order chi connectivity index (χ1) is 9.28. The van der Waals surface area contributed by atoms with Crippen molar-refractivity contribution in [1.82, 2.24) is 14.8 Å². The summed E-state index contributed by atoms with van der Waals surface area (Å²) in [5, 5.41) is 4.17. The van der Waals surface area contributed by atoms with E-state index in [1.807, 2.05) is 16.8 Å². The molecule has 2 N–H and O–H groups in total. The van der Waals surface area contributed by atoms with Crippen molar-refractivity contribution in [2.75, 3.05) is 6.61 Å². The maximum absolute atomic E-state index is 6.28. The topological polar surface area (TPSA) is 66.0 Å². The highest BCUT2D eigenvalue weighted by molar-refractivity contribution is 5.40. The largest absolute Gasteiger partial charge is 0.493 e. The fraction of sp³-hybridized carbons (Fsp3) is 0.429. The second kappa shape index (κ2) is 5.01. The third-order valence-electron chi connectivity index (χ3n) is 3.54. The van der Waals surface area contributed by atoms with Crippen molar-refractivity contribution in [2.45, 2.75) is 32.4 Å². The first-order valence-electron chi connectivity index (χ1n) is 6.66. The zero-order valence-corrected chi connectivity index (χ0v) is 11.0. The molecule has 0 saturated carbocycles. The van der Waals surface area contributed by atoms with Crippen LogP contribution in [-0.2, 0) is 19.4 Å². The van der Waals surface area contributed by atoms with Crippen LogP contribution >= 0.6 is 0 Å². The summed E-state index contributed by atoms with van der Waals surface area (Å²) < 4.78 is 7.39. The van der Waals surface area contributed by atoms with Gasteiger partial charge in [0.05, 0.1) is 6.61 Å². The lowest BCUT2D eigenvalue weighted by molar-refractivity contribution is 0.357. The molecule has 100 valence electrons. The van der Waals surface area contributed by atoms with E-state index in [0.717, 1.165) is 36.7 Å². The maximum atomic E-state index is 6.28. The molecule has 0 fully saturated rings. The number of nitrogens with zero attached hydrogens (tertiary/aromatic N) is 3. The Hall–Kier alpha value is -1.88. The van der Waals surface area contributed by atoms with Crippen LogP contribution in [0, 0.1) is 0 Å². The lowest BCUT2D eigenvalue weighted by Crippen LogP contribution is -2.17. The van der Waals surface area contributed by atoms with Gasteiger partial charge in [0.15, 0.2) is 0 Å². The highest BCUT2D eigenvalue weighted by atomic mass is 16.5. The van der Waals surface area contributed by atoms with Crippen LogP contribution in [0.1, 0.15) is 29.9 Å². The molecule has 5 nitrogen and oxygen atoms in total. The summed E-state index contributed by atoms with van der Waals surface area (Å²) >= 11 is 0. The lowest BCUT2D eigenvalue weighted by atomic mass is 10.0. The third-order valence-corrected chi connectivity index (χ3v) is 3.54. The van der Waals surface area contributed by atoms with Crippen LogP contribution in [0.25, 0.3) is 0 Å². The number of aromatic nitrogens is 3. The molecule has 0 radical (unpaired) electrons. The van der Waals surface area contributed by atoms with Gasteiger partial charge in [0.25, 0.3) is 0 Å². The van der Waals surface area contributed by atoms with Crippen LogP contribution in [0.5, 0.6) is 5.75 Å². The SMILES string of the molecule is CCn1ncnc1CC(N)c1ccc2c(c1)CCO2. The van der Waals surface area contributed by atoms with E-state index in [0.29, 0.717) is 6.42 Å². The molecular weight excluding hydrogens is 240 g/mol. The highest BCUT2D eigenvalue weighted by Gasteiger charge is 2.16. The molecule has 0 bridgehead atoms. The van der Waals surface area contributed by atoms with Gasteiger partial charge in [-0.3, -0.25) is 4.68 Å². The average molecular weight is 258 g/mol. The van der Waals surface area contributed by atoms with Crippen LogP contribution in [0.2, 0.25) is 0 Å². The number of fused-ring (bicyclic) bond motifs is 1. The third kappa shape index (κ3) is 2.33. The fourth-order valence-corrected chi connectivity index (χ4v) is 2.46. The smallest absolute Gasteiger partial charge is 0.138 e. The van der Waals surface area contributed by atoms with E-state index in [4.69, 9.17) is 10.5 Å². The number of rotatable bonds is 4. The van der Waals surface area contributed by atoms with Gasteiger partial charge in [-0.15, -0.1) is 0 Å². The average Bonchev–Trinajstić information content (AvgIpc) is 3.05. The highest BCUT2D eigenvalue weighted by Crippen LogP contribution is 2.28. The van der Waals surface area contributed by atoms with E-state index < -0.39 is 0 Å². The number of hydrogen-bond acceptors (Lipinski definition) is 4. The molecule has 0 amide bonds. The summed E-state index contributed by atoms with van der Waals surface area (Å²) in [5.41, 5.74) is 8.67. The Morgan fingerprint density at radius 3 is 3.21 bits per heavy atom. The Morgan fingerprint density at radius 2 is 2.37 bits per heavy atom. The van der Waals surface area contributed by atoms with Crippen LogP contribution < -0.4 is 10.5 Å². The summed E-state index contributed by atoms with van der Waals surface area (Å²) in [6.45, 7) is 3.65. The molecule has 2 aromatic rings. The van der Waals surface area contributed by atoms with Gasteiger partial charge in [0, 0.05) is 25.4 Å². The van der Waals surface area contributed by atoms with Gasteiger partial charge in [-0.2, -0.15) is 5.10 Å². The van der Waals surface area contributed by atoms with Gasteiger partial charge in [0.2, 0.25) is 0 Å². The molecule has 1 aromatic carbocycles. The molecule has 0 saturated heterocycles. The Balaban J connectivity index is 1.79. The van der Waals surface area contributed by atoms with E-state index in [1.165, 1.54) is 5.56 Å². The fourth-order valence-electron chi connectivity index (χ4n) is 2.46. The van der Waals surface area contributed by atoms with Gasteiger partial charge in [-0.1, -0.05) is 12.1 Å². The number of aryl methyl sites for hydroxylation is 1. The molecule has 1 atom stereocenters. The van der Waals surface area contributed by atoms with Crippen molar-refractivity contribution in [3.05, 3.63) is 41.5 Å². The predicted octanol–water partition coefficient (Wildman–Crippen LogP) is 1.48. The molecule has 19 heavy (non-hydrogen) atoms. The Bertz CT molecular complexity index is 579. The van der Waals surface area contributed by atoms with Crippen LogP contribution in [0.3, 0.4) is 0 Å². The van der Waals surface area contributed by atoms with E-state index >= 15 is 0 Å². The van der Waals surface area contributed by atoms with Crippen LogP contribution in [0.4, 0.5) is 0 Å². The predicted molar refractivity (Wildman–Crippen MR) is 72.0 cm³/mol. The summed E-state index contributed by atoms with van der Waals surface area (Å²) in [4.78, 5) is 4.27. The van der Waals surface area contributed by atoms with Crippen molar-refractivity contribution in [3.8, 4) is 5.75 Å². The normalized spacial score (nSPS) is 15.1. The molecule has 1 unspecified atom stereocenters. The number of nitrogens with two attached hydrogens (primary N) is 1. The Kier molecular flexibility index (Phi) is 3.21. The van der Waals surface area contributed by atoms with Gasteiger partial charge < -0.3 is 10.5 Å². The van der Waals surface area contributed by atoms with Gasteiger partial charge >= 0.3 is 0 Å². The zero-order chi connectivity index (χ0) is 13.2. The summed E-state index contributed by atoms with van der Waals surface area (Å²) in [6, 6.07) is 6.16. The minimum absolute atomic E-state index is 0.0552. The van der Waals surface area contributed by atoms with Crippen molar-refractivity contribution in [3.63, 3.8) is 0 Å². The maximum Gasteiger partial charge on any atom is 0.138 e. The van der Waals surface area contributed by atoms with E-state index in [-0.39, 0.29) is 6.04 Å². The second-order valence-corrected chi connectivity index (χ2v) is 4.77. The quantitative estimate of drug-likeness (QED) is 0.902. The lowest BCUT2D eigenvalue weighted by Gasteiger charge is -2.13. The van der Waals surface area contributed by atoms with Crippen molar-refractivity contribution in [1.29, 1.82) is 0 Å². The molecule has 5 heteroatoms. The van der Waals surface area contributed by atoms with Crippen molar-refractivity contribution in [2.24, 2.45) is 5.73 Å². The summed E-state index contributed by atoms with van der Waals surface area (Å²) in [5.74, 6) is 1.93. The molecule has 2 heterocycles. The zero-order valence-electron chi connectivity index (χ0n) is 11.0. The number of benzene rings is 1. The Morgan fingerprint density at radius 1 is 1.47 bits per heavy atom. The first kappa shape index (κ1) is 12.2. The van der Waals surface area contributed by atoms with E-state index in [2.05, 4.69) is 23.1 Å².